The fraction of sp³-hybridized carbons (Fsp3) is 0.833. The van der Waals surface area contributed by atoms with Crippen LogP contribution in [0.25, 0.3) is 0 Å². The van der Waals surface area contributed by atoms with Gasteiger partial charge in [0.15, 0.2) is 0 Å². The second kappa shape index (κ2) is 6.20. The van der Waals surface area contributed by atoms with Crippen LogP contribution in [-0.2, 0) is 19.4 Å². The predicted octanol–water partition coefficient (Wildman–Crippen LogP) is -3.59. The number of hydrogen-bond acceptors (Lipinski definition) is 8. The van der Waals surface area contributed by atoms with Crippen molar-refractivity contribution in [2.24, 2.45) is 5.73 Å². The molecule has 4 unspecified atom stereocenters. The summed E-state index contributed by atoms with van der Waals surface area (Å²) in [5.74, 6) is 0. The maximum atomic E-state index is 10.4. The van der Waals surface area contributed by atoms with E-state index in [1.807, 2.05) is 0 Å². The summed E-state index contributed by atoms with van der Waals surface area (Å²) in [6.45, 7) is -0.905. The Morgan fingerprint density at radius 3 is 2.19 bits per heavy atom. The van der Waals surface area contributed by atoms with Gasteiger partial charge in [0.05, 0.1) is 12.6 Å². The third-order valence-corrected chi connectivity index (χ3v) is 2.15. The zero-order valence-electron chi connectivity index (χ0n) is 8.00. The molecule has 0 saturated heterocycles. The molecule has 0 aromatic heterocycles. The average Bonchev–Trinajstić information content (AvgIpc) is 2.21. The van der Waals surface area contributed by atoms with Crippen LogP contribution in [0.5, 0.6) is 0 Å². The van der Waals surface area contributed by atoms with Gasteiger partial charge in [0, 0.05) is 0 Å². The van der Waals surface area contributed by atoms with E-state index in [9.17, 15) is 18.3 Å². The molecule has 9 nitrogen and oxygen atoms in total. The van der Waals surface area contributed by atoms with Gasteiger partial charge in [-0.3, -0.25) is 4.55 Å². The number of aldehydes is 1. The van der Waals surface area contributed by atoms with Crippen molar-refractivity contribution in [3.63, 3.8) is 0 Å². The highest BCUT2D eigenvalue weighted by Gasteiger charge is 2.35. The SMILES string of the molecule is NC(C=O)C(OS(=O)(=O)O)C(O)C(O)CO. The van der Waals surface area contributed by atoms with Gasteiger partial charge in [-0.1, -0.05) is 0 Å². The van der Waals surface area contributed by atoms with Crippen molar-refractivity contribution in [1.82, 2.24) is 0 Å². The quantitative estimate of drug-likeness (QED) is 0.229. The van der Waals surface area contributed by atoms with Crippen molar-refractivity contribution in [1.29, 1.82) is 0 Å². The molecule has 0 aliphatic carbocycles. The Morgan fingerprint density at radius 2 is 1.88 bits per heavy atom. The van der Waals surface area contributed by atoms with Crippen LogP contribution < -0.4 is 5.73 Å². The van der Waals surface area contributed by atoms with Crippen LogP contribution in [0.1, 0.15) is 0 Å². The second-order valence-electron chi connectivity index (χ2n) is 2.94. The molecule has 16 heavy (non-hydrogen) atoms. The summed E-state index contributed by atoms with van der Waals surface area (Å²) in [7, 11) is -4.96. The Bertz CT molecular complexity index is 316. The van der Waals surface area contributed by atoms with Gasteiger partial charge < -0.3 is 25.8 Å². The molecular weight excluding hydrogens is 246 g/mol. The number of carbonyl (C=O) groups is 1. The molecule has 0 radical (unpaired) electrons. The van der Waals surface area contributed by atoms with Crippen molar-refractivity contribution in [3.8, 4) is 0 Å². The van der Waals surface area contributed by atoms with Gasteiger partial charge in [0.25, 0.3) is 0 Å². The van der Waals surface area contributed by atoms with E-state index in [-0.39, 0.29) is 6.29 Å². The summed E-state index contributed by atoms with van der Waals surface area (Å²) in [4.78, 5) is 10.3. The molecule has 0 aromatic carbocycles. The molecule has 96 valence electrons. The molecule has 0 bridgehead atoms. The molecule has 0 fully saturated rings. The Labute approximate surface area is 91.4 Å². The largest absolute Gasteiger partial charge is 0.397 e. The fourth-order valence-corrected chi connectivity index (χ4v) is 1.42. The van der Waals surface area contributed by atoms with Gasteiger partial charge in [0.2, 0.25) is 0 Å². The first-order valence-corrected chi connectivity index (χ1v) is 5.43. The smallest absolute Gasteiger partial charge is 0.394 e. The normalized spacial score (nSPS) is 19.8. The van der Waals surface area contributed by atoms with Crippen LogP contribution >= 0.6 is 0 Å². The number of aliphatic hydroxyl groups excluding tert-OH is 3. The number of rotatable bonds is 7. The highest BCUT2D eigenvalue weighted by atomic mass is 32.3. The van der Waals surface area contributed by atoms with Crippen LogP contribution in [0.3, 0.4) is 0 Å². The lowest BCUT2D eigenvalue weighted by molar-refractivity contribution is -0.116. The zero-order chi connectivity index (χ0) is 12.9. The first-order valence-electron chi connectivity index (χ1n) is 4.06. The lowest BCUT2D eigenvalue weighted by atomic mass is 10.0. The first-order chi connectivity index (χ1) is 7.22. The van der Waals surface area contributed by atoms with Gasteiger partial charge in [0.1, 0.15) is 24.6 Å². The molecule has 0 heterocycles. The third-order valence-electron chi connectivity index (χ3n) is 1.69. The van der Waals surface area contributed by atoms with Gasteiger partial charge in [-0.15, -0.1) is 0 Å². The van der Waals surface area contributed by atoms with Crippen LogP contribution in [0, 0.1) is 0 Å². The van der Waals surface area contributed by atoms with Crippen molar-refractivity contribution < 1.29 is 37.3 Å². The molecule has 0 rings (SSSR count). The lowest BCUT2D eigenvalue weighted by Gasteiger charge is -2.26. The van der Waals surface area contributed by atoms with E-state index in [1.54, 1.807) is 0 Å². The Morgan fingerprint density at radius 1 is 1.38 bits per heavy atom. The van der Waals surface area contributed by atoms with Crippen LogP contribution in [0.15, 0.2) is 0 Å². The van der Waals surface area contributed by atoms with Gasteiger partial charge in [-0.05, 0) is 0 Å². The molecule has 0 aromatic rings. The highest BCUT2D eigenvalue weighted by Crippen LogP contribution is 2.09. The van der Waals surface area contributed by atoms with E-state index < -0.39 is 41.4 Å². The van der Waals surface area contributed by atoms with Gasteiger partial charge in [-0.2, -0.15) is 8.42 Å². The minimum atomic E-state index is -4.96. The van der Waals surface area contributed by atoms with E-state index in [0.717, 1.165) is 0 Å². The van der Waals surface area contributed by atoms with Crippen molar-refractivity contribution in [2.45, 2.75) is 24.4 Å². The number of aliphatic hydroxyl groups is 3. The van der Waals surface area contributed by atoms with Crippen LogP contribution in [0.2, 0.25) is 0 Å². The maximum absolute atomic E-state index is 10.4. The van der Waals surface area contributed by atoms with E-state index >= 15 is 0 Å². The molecule has 0 spiro atoms. The fourth-order valence-electron chi connectivity index (χ4n) is 0.894. The molecule has 0 aliphatic heterocycles. The van der Waals surface area contributed by atoms with E-state index in [4.69, 9.17) is 20.5 Å². The monoisotopic (exact) mass is 259 g/mol. The number of carbonyl (C=O) groups excluding carboxylic acids is 1. The summed E-state index contributed by atoms with van der Waals surface area (Å²) in [6, 6.07) is -1.60. The summed E-state index contributed by atoms with van der Waals surface area (Å²) < 4.78 is 33.1. The number of hydrogen-bond donors (Lipinski definition) is 5. The zero-order valence-corrected chi connectivity index (χ0v) is 8.82. The van der Waals surface area contributed by atoms with E-state index in [2.05, 4.69) is 4.18 Å². The molecule has 10 heteroatoms. The second-order valence-corrected chi connectivity index (χ2v) is 3.99. The molecular formula is C6H13NO8S. The van der Waals surface area contributed by atoms with Crippen molar-refractivity contribution in [3.05, 3.63) is 0 Å². The lowest BCUT2D eigenvalue weighted by Crippen LogP contribution is -2.52. The summed E-state index contributed by atoms with van der Waals surface area (Å²) in [6.07, 6.45) is -5.55. The molecule has 0 aliphatic rings. The predicted molar refractivity (Wildman–Crippen MR) is 49.6 cm³/mol. The minimum Gasteiger partial charge on any atom is -0.394 e. The van der Waals surface area contributed by atoms with Crippen molar-refractivity contribution >= 4 is 16.7 Å². The van der Waals surface area contributed by atoms with Gasteiger partial charge in [-0.25, -0.2) is 4.18 Å². The molecule has 0 amide bonds. The van der Waals surface area contributed by atoms with Gasteiger partial charge >= 0.3 is 10.4 Å². The Kier molecular flexibility index (Phi) is 5.96. The first kappa shape index (κ1) is 15.4. The average molecular weight is 259 g/mol. The summed E-state index contributed by atoms with van der Waals surface area (Å²) in [5.41, 5.74) is 5.10. The topological polar surface area (TPSA) is 167 Å². The molecule has 4 atom stereocenters. The third kappa shape index (κ3) is 4.94. The molecule has 6 N–H and O–H groups in total. The van der Waals surface area contributed by atoms with E-state index in [0.29, 0.717) is 0 Å². The number of nitrogens with two attached hydrogens (primary N) is 1. The van der Waals surface area contributed by atoms with E-state index in [1.165, 1.54) is 0 Å². The Balaban J connectivity index is 4.87. The Hall–Kier alpha value is -0.620. The molecule has 0 saturated carbocycles. The van der Waals surface area contributed by atoms with Crippen LogP contribution in [0.4, 0.5) is 0 Å². The maximum Gasteiger partial charge on any atom is 0.397 e. The summed E-state index contributed by atoms with van der Waals surface area (Å²) >= 11 is 0. The van der Waals surface area contributed by atoms with Crippen molar-refractivity contribution in [2.75, 3.05) is 6.61 Å². The van der Waals surface area contributed by atoms with Crippen LogP contribution in [-0.4, -0.2) is 65.5 Å². The highest BCUT2D eigenvalue weighted by molar-refractivity contribution is 7.80. The summed E-state index contributed by atoms with van der Waals surface area (Å²) in [5, 5.41) is 26.8. The standard InChI is InChI=1S/C6H13NO8S/c7-3(1-8)6(15-16(12,13)14)5(11)4(10)2-9/h1,3-6,9-11H,2,7H2,(H,12,13,14). The minimum absolute atomic E-state index is 0.0587.